The van der Waals surface area contributed by atoms with Gasteiger partial charge in [0.05, 0.1) is 10.6 Å². The number of hydrogen-bond donors (Lipinski definition) is 0. The van der Waals surface area contributed by atoms with Crippen LogP contribution in [-0.4, -0.2) is 0 Å². The summed E-state index contributed by atoms with van der Waals surface area (Å²) < 4.78 is 38.1. The van der Waals surface area contributed by atoms with Gasteiger partial charge in [-0.3, -0.25) is 0 Å². The van der Waals surface area contributed by atoms with E-state index in [1.54, 1.807) is 6.07 Å². The maximum absolute atomic E-state index is 12.4. The first-order valence-electron chi connectivity index (χ1n) is 4.33. The molecule has 0 nitrogen and oxygen atoms in total. The second kappa shape index (κ2) is 3.79. The molecule has 2 aromatic rings. The lowest BCUT2D eigenvalue weighted by Crippen LogP contribution is -2.03. The minimum absolute atomic E-state index is 0.342. The quantitative estimate of drug-likeness (QED) is 0.668. The van der Waals surface area contributed by atoms with Gasteiger partial charge in [-0.2, -0.15) is 13.2 Å². The van der Waals surface area contributed by atoms with Crippen molar-refractivity contribution in [2.45, 2.75) is 6.18 Å². The van der Waals surface area contributed by atoms with Gasteiger partial charge in [-0.1, -0.05) is 18.2 Å². The lowest BCUT2D eigenvalue weighted by atomic mass is 10.1. The van der Waals surface area contributed by atoms with Crippen molar-refractivity contribution in [1.82, 2.24) is 0 Å². The Balaban J connectivity index is 2.58. The van der Waals surface area contributed by atoms with E-state index in [-0.39, 0.29) is 0 Å². The molecule has 16 heavy (non-hydrogen) atoms. The van der Waals surface area contributed by atoms with Crippen molar-refractivity contribution in [2.75, 3.05) is 0 Å². The van der Waals surface area contributed by atoms with Gasteiger partial charge in [0, 0.05) is 9.58 Å². The number of halogens is 4. The molecule has 0 spiro atoms. The van der Waals surface area contributed by atoms with E-state index in [4.69, 9.17) is 11.6 Å². The third kappa shape index (κ3) is 2.08. The Kier molecular flexibility index (Phi) is 2.72. The fraction of sp³-hybridized carbons (Fsp3) is 0.0909. The second-order valence-electron chi connectivity index (χ2n) is 3.27. The van der Waals surface area contributed by atoms with Gasteiger partial charge in [-0.15, -0.1) is 11.3 Å². The molecule has 0 radical (unpaired) electrons. The highest BCUT2D eigenvalue weighted by Crippen LogP contribution is 2.36. The molecule has 1 aromatic heterocycles. The third-order valence-electron chi connectivity index (χ3n) is 2.11. The van der Waals surface area contributed by atoms with Crippen LogP contribution in [-0.2, 0) is 6.18 Å². The minimum Gasteiger partial charge on any atom is -0.166 e. The lowest BCUT2D eigenvalue weighted by Gasteiger charge is -2.05. The van der Waals surface area contributed by atoms with Crippen molar-refractivity contribution in [1.29, 1.82) is 0 Å². The number of benzene rings is 1. The average Bonchev–Trinajstić information content (AvgIpc) is 2.58. The molecule has 0 atom stereocenters. The molecule has 0 aliphatic rings. The van der Waals surface area contributed by atoms with Crippen LogP contribution in [0.5, 0.6) is 0 Å². The van der Waals surface area contributed by atoms with E-state index in [0.717, 1.165) is 16.8 Å². The predicted molar refractivity (Wildman–Crippen MR) is 61.7 cm³/mol. The fourth-order valence-corrected chi connectivity index (χ4v) is 2.43. The normalized spacial score (nSPS) is 12.0. The molecule has 0 N–H and O–H groups in total. The number of thiophene rings is 1. The molecule has 0 aliphatic carbocycles. The number of rotatable bonds is 1. The highest BCUT2D eigenvalue weighted by molar-refractivity contribution is 7.20. The summed E-state index contributed by atoms with van der Waals surface area (Å²) in [5.41, 5.74) is -0.649. The topological polar surface area (TPSA) is 0 Å². The van der Waals surface area contributed by atoms with Gasteiger partial charge in [0.2, 0.25) is 0 Å². The Morgan fingerprint density at radius 2 is 1.94 bits per heavy atom. The summed E-state index contributed by atoms with van der Waals surface area (Å²) in [5.74, 6) is 0. The lowest BCUT2D eigenvalue weighted by molar-refractivity contribution is -0.137. The maximum atomic E-state index is 12.4. The zero-order valence-corrected chi connectivity index (χ0v) is 9.51. The number of fused-ring (bicyclic) bond motifs is 1. The van der Waals surface area contributed by atoms with Gasteiger partial charge in [0.15, 0.2) is 0 Å². The van der Waals surface area contributed by atoms with Crippen molar-refractivity contribution < 1.29 is 13.2 Å². The summed E-state index contributed by atoms with van der Waals surface area (Å²) >= 11 is 7.02. The zero-order valence-electron chi connectivity index (χ0n) is 7.94. The Morgan fingerprint density at radius 1 is 1.25 bits per heavy atom. The fourth-order valence-electron chi connectivity index (χ4n) is 1.35. The summed E-state index contributed by atoms with van der Waals surface area (Å²) in [6.45, 7) is 3.55. The Bertz CT molecular complexity index is 554. The van der Waals surface area contributed by atoms with Crippen LogP contribution in [0.4, 0.5) is 13.2 Å². The average molecular weight is 263 g/mol. The predicted octanol–water partition coefficient (Wildman–Crippen LogP) is 5.13. The summed E-state index contributed by atoms with van der Waals surface area (Å²) in [5, 5.41) is 0.881. The van der Waals surface area contributed by atoms with E-state index in [0.29, 0.717) is 15.3 Å². The summed E-state index contributed by atoms with van der Waals surface area (Å²) in [7, 11) is 0. The van der Waals surface area contributed by atoms with Gasteiger partial charge >= 0.3 is 6.18 Å². The maximum Gasteiger partial charge on any atom is 0.416 e. The van der Waals surface area contributed by atoms with E-state index in [9.17, 15) is 13.2 Å². The van der Waals surface area contributed by atoms with E-state index < -0.39 is 11.7 Å². The van der Waals surface area contributed by atoms with Crippen LogP contribution in [0.3, 0.4) is 0 Å². The van der Waals surface area contributed by atoms with Crippen LogP contribution in [0, 0.1) is 0 Å². The molecule has 0 unspecified atom stereocenters. The Labute approximate surface area is 99.0 Å². The molecule has 1 heterocycles. The van der Waals surface area contributed by atoms with Crippen molar-refractivity contribution in [2.24, 2.45) is 0 Å². The van der Waals surface area contributed by atoms with E-state index in [1.807, 2.05) is 0 Å². The van der Waals surface area contributed by atoms with Crippen molar-refractivity contribution in [3.8, 4) is 0 Å². The van der Waals surface area contributed by atoms with Crippen LogP contribution in [0.25, 0.3) is 15.1 Å². The van der Waals surface area contributed by atoms with Crippen LogP contribution in [0.1, 0.15) is 10.4 Å². The summed E-state index contributed by atoms with van der Waals surface area (Å²) in [6.07, 6.45) is -4.31. The van der Waals surface area contributed by atoms with Gasteiger partial charge in [-0.25, -0.2) is 0 Å². The van der Waals surface area contributed by atoms with Gasteiger partial charge < -0.3 is 0 Å². The van der Waals surface area contributed by atoms with Crippen LogP contribution < -0.4 is 0 Å². The number of hydrogen-bond acceptors (Lipinski definition) is 1. The van der Waals surface area contributed by atoms with E-state index in [1.165, 1.54) is 17.4 Å². The molecule has 0 saturated heterocycles. The summed E-state index contributed by atoms with van der Waals surface area (Å²) in [4.78, 5) is 0.691. The van der Waals surface area contributed by atoms with E-state index in [2.05, 4.69) is 6.58 Å². The monoisotopic (exact) mass is 262 g/mol. The van der Waals surface area contributed by atoms with Crippen LogP contribution in [0.15, 0.2) is 30.8 Å². The van der Waals surface area contributed by atoms with E-state index >= 15 is 0 Å². The molecule has 0 saturated carbocycles. The SMILES string of the molecule is C=C(Cl)c1cc2cc(C(F)(F)F)ccc2s1. The first kappa shape index (κ1) is 11.5. The summed E-state index contributed by atoms with van der Waals surface area (Å²) in [6, 6.07) is 5.26. The largest absolute Gasteiger partial charge is 0.416 e. The van der Waals surface area contributed by atoms with Crippen LogP contribution >= 0.6 is 22.9 Å². The van der Waals surface area contributed by atoms with Gasteiger partial charge in [0.25, 0.3) is 0 Å². The molecule has 2 rings (SSSR count). The molecule has 0 fully saturated rings. The van der Waals surface area contributed by atoms with Crippen LogP contribution in [0.2, 0.25) is 0 Å². The molecule has 1 aromatic carbocycles. The third-order valence-corrected chi connectivity index (χ3v) is 3.60. The molecule has 0 bridgehead atoms. The van der Waals surface area contributed by atoms with Crippen molar-refractivity contribution >= 4 is 38.1 Å². The first-order valence-corrected chi connectivity index (χ1v) is 5.53. The Hall–Kier alpha value is -1.00. The molecule has 0 aliphatic heterocycles. The number of alkyl halides is 3. The van der Waals surface area contributed by atoms with Crippen molar-refractivity contribution in [3.05, 3.63) is 41.3 Å². The highest BCUT2D eigenvalue weighted by atomic mass is 35.5. The smallest absolute Gasteiger partial charge is 0.166 e. The molecular formula is C11H6ClF3S. The molecule has 0 amide bonds. The standard InChI is InChI=1S/C11H6ClF3S/c1-6(12)10-5-7-4-8(11(13,14)15)2-3-9(7)16-10/h2-5H,1H2. The Morgan fingerprint density at radius 3 is 2.50 bits per heavy atom. The molecule has 5 heteroatoms. The first-order chi connectivity index (χ1) is 7.38. The highest BCUT2D eigenvalue weighted by Gasteiger charge is 2.30. The molecule has 84 valence electrons. The second-order valence-corrected chi connectivity index (χ2v) is 4.81. The van der Waals surface area contributed by atoms with Crippen molar-refractivity contribution in [3.63, 3.8) is 0 Å². The van der Waals surface area contributed by atoms with Gasteiger partial charge in [0.1, 0.15) is 0 Å². The van der Waals surface area contributed by atoms with Gasteiger partial charge in [-0.05, 0) is 29.7 Å². The minimum atomic E-state index is -4.31. The zero-order chi connectivity index (χ0) is 11.9. The molecular weight excluding hydrogens is 257 g/mol.